The standard InChI is InChI=1S/C10H12N4O3S/c1-17-8-4-2-7(3-5-8)14-18(15,16)9-6-12-13-10(9)11/h2-6,14H,1H3,(H3,11,12,13). The quantitative estimate of drug-likeness (QED) is 0.759. The van der Waals surface area contributed by atoms with Crippen LogP contribution >= 0.6 is 0 Å². The molecule has 0 aliphatic carbocycles. The minimum Gasteiger partial charge on any atom is -0.497 e. The second-order valence-corrected chi connectivity index (χ2v) is 5.13. The maximum atomic E-state index is 12.0. The molecule has 0 saturated carbocycles. The van der Waals surface area contributed by atoms with Gasteiger partial charge in [-0.05, 0) is 24.3 Å². The Labute approximate surface area is 104 Å². The summed E-state index contributed by atoms with van der Waals surface area (Å²) in [5, 5.41) is 5.94. The van der Waals surface area contributed by atoms with Gasteiger partial charge in [0.2, 0.25) is 0 Å². The number of aromatic amines is 1. The van der Waals surface area contributed by atoms with E-state index >= 15 is 0 Å². The minimum atomic E-state index is -3.73. The number of hydrogen-bond acceptors (Lipinski definition) is 5. The minimum absolute atomic E-state index is 0.00369. The molecule has 1 aromatic carbocycles. The second kappa shape index (κ2) is 4.57. The molecule has 0 bridgehead atoms. The number of H-pyrrole nitrogens is 1. The monoisotopic (exact) mass is 268 g/mol. The van der Waals surface area contributed by atoms with Crippen LogP contribution in [0.25, 0.3) is 0 Å². The fourth-order valence-corrected chi connectivity index (χ4v) is 2.45. The summed E-state index contributed by atoms with van der Waals surface area (Å²) in [6, 6.07) is 6.48. The van der Waals surface area contributed by atoms with E-state index in [9.17, 15) is 8.42 Å². The molecule has 0 aliphatic heterocycles. The number of rotatable bonds is 4. The zero-order valence-corrected chi connectivity index (χ0v) is 10.4. The van der Waals surface area contributed by atoms with E-state index in [1.54, 1.807) is 24.3 Å². The van der Waals surface area contributed by atoms with Gasteiger partial charge in [0.05, 0.1) is 13.3 Å². The van der Waals surface area contributed by atoms with Crippen LogP contribution in [0.3, 0.4) is 0 Å². The molecule has 7 nitrogen and oxygen atoms in total. The number of hydrogen-bond donors (Lipinski definition) is 3. The summed E-state index contributed by atoms with van der Waals surface area (Å²) in [7, 11) is -2.20. The number of benzene rings is 1. The Balaban J connectivity index is 2.25. The van der Waals surface area contributed by atoms with Crippen LogP contribution in [0.15, 0.2) is 35.4 Å². The highest BCUT2D eigenvalue weighted by Crippen LogP contribution is 2.21. The average molecular weight is 268 g/mol. The van der Waals surface area contributed by atoms with Gasteiger partial charge in [-0.15, -0.1) is 0 Å². The van der Waals surface area contributed by atoms with Gasteiger partial charge in [0.1, 0.15) is 16.5 Å². The number of aromatic nitrogens is 2. The van der Waals surface area contributed by atoms with Gasteiger partial charge in [0.25, 0.3) is 10.0 Å². The van der Waals surface area contributed by atoms with Crippen LogP contribution in [0.2, 0.25) is 0 Å². The summed E-state index contributed by atoms with van der Waals surface area (Å²) in [5.41, 5.74) is 5.88. The zero-order valence-electron chi connectivity index (χ0n) is 9.54. The predicted octanol–water partition coefficient (Wildman–Crippen LogP) is 0.801. The van der Waals surface area contributed by atoms with Crippen molar-refractivity contribution in [1.82, 2.24) is 10.2 Å². The Hall–Kier alpha value is -2.22. The van der Waals surface area contributed by atoms with Crippen molar-refractivity contribution in [3.8, 4) is 5.75 Å². The summed E-state index contributed by atoms with van der Waals surface area (Å²) in [5.74, 6) is 0.636. The van der Waals surface area contributed by atoms with Crippen LogP contribution < -0.4 is 15.2 Å². The fraction of sp³-hybridized carbons (Fsp3) is 0.100. The Kier molecular flexibility index (Phi) is 3.11. The van der Waals surface area contributed by atoms with Crippen molar-refractivity contribution in [2.24, 2.45) is 0 Å². The van der Waals surface area contributed by atoms with E-state index in [1.165, 1.54) is 7.11 Å². The van der Waals surface area contributed by atoms with Gasteiger partial charge in [-0.25, -0.2) is 8.42 Å². The number of nitrogens with two attached hydrogens (primary N) is 1. The molecule has 0 aliphatic rings. The molecule has 0 amide bonds. The van der Waals surface area contributed by atoms with Crippen molar-refractivity contribution in [3.63, 3.8) is 0 Å². The highest BCUT2D eigenvalue weighted by molar-refractivity contribution is 7.92. The largest absolute Gasteiger partial charge is 0.497 e. The van der Waals surface area contributed by atoms with E-state index in [0.717, 1.165) is 6.20 Å². The molecular weight excluding hydrogens is 256 g/mol. The Morgan fingerprint density at radius 2 is 2.00 bits per heavy atom. The Bertz CT molecular complexity index is 633. The molecule has 0 unspecified atom stereocenters. The van der Waals surface area contributed by atoms with Gasteiger partial charge in [-0.3, -0.25) is 9.82 Å². The molecule has 4 N–H and O–H groups in total. The molecule has 2 rings (SSSR count). The maximum Gasteiger partial charge on any atom is 0.267 e. The summed E-state index contributed by atoms with van der Waals surface area (Å²) in [4.78, 5) is -0.0849. The SMILES string of the molecule is COc1ccc(NS(=O)(=O)c2cn[nH]c2N)cc1. The number of nitrogen functional groups attached to an aromatic ring is 1. The topological polar surface area (TPSA) is 110 Å². The van der Waals surface area contributed by atoms with Gasteiger partial charge in [-0.1, -0.05) is 0 Å². The third kappa shape index (κ3) is 2.38. The van der Waals surface area contributed by atoms with Crippen LogP contribution in [-0.4, -0.2) is 25.7 Å². The first-order valence-corrected chi connectivity index (χ1v) is 6.47. The maximum absolute atomic E-state index is 12.0. The summed E-state index contributed by atoms with van der Waals surface area (Å²) >= 11 is 0. The van der Waals surface area contributed by atoms with E-state index < -0.39 is 10.0 Å². The van der Waals surface area contributed by atoms with Crippen LogP contribution in [-0.2, 0) is 10.0 Å². The van der Waals surface area contributed by atoms with Gasteiger partial charge in [-0.2, -0.15) is 5.10 Å². The van der Waals surface area contributed by atoms with Crippen LogP contribution in [0.4, 0.5) is 11.5 Å². The van der Waals surface area contributed by atoms with Crippen molar-refractivity contribution < 1.29 is 13.2 Å². The highest BCUT2D eigenvalue weighted by Gasteiger charge is 2.19. The molecule has 1 heterocycles. The van der Waals surface area contributed by atoms with Gasteiger partial charge in [0, 0.05) is 5.69 Å². The van der Waals surface area contributed by atoms with Crippen molar-refractivity contribution in [2.45, 2.75) is 4.90 Å². The molecule has 96 valence electrons. The van der Waals surface area contributed by atoms with E-state index in [2.05, 4.69) is 14.9 Å². The van der Waals surface area contributed by atoms with Crippen molar-refractivity contribution in [3.05, 3.63) is 30.5 Å². The molecule has 1 aromatic heterocycles. The van der Waals surface area contributed by atoms with Crippen molar-refractivity contribution >= 4 is 21.5 Å². The molecule has 0 spiro atoms. The lowest BCUT2D eigenvalue weighted by Crippen LogP contribution is -2.13. The first kappa shape index (κ1) is 12.2. The lowest BCUT2D eigenvalue weighted by molar-refractivity contribution is 0.415. The van der Waals surface area contributed by atoms with E-state index in [-0.39, 0.29) is 10.7 Å². The summed E-state index contributed by atoms with van der Waals surface area (Å²) in [6.07, 6.45) is 1.15. The van der Waals surface area contributed by atoms with Crippen LogP contribution in [0, 0.1) is 0 Å². The number of methoxy groups -OCH3 is 1. The highest BCUT2D eigenvalue weighted by atomic mass is 32.2. The zero-order chi connectivity index (χ0) is 13.2. The first-order chi connectivity index (χ1) is 8.53. The second-order valence-electron chi connectivity index (χ2n) is 3.48. The molecule has 0 fully saturated rings. The first-order valence-electron chi connectivity index (χ1n) is 4.98. The number of anilines is 2. The molecule has 18 heavy (non-hydrogen) atoms. The molecule has 2 aromatic rings. The normalized spacial score (nSPS) is 11.2. The number of ether oxygens (including phenoxy) is 1. The smallest absolute Gasteiger partial charge is 0.267 e. The molecule has 8 heteroatoms. The Morgan fingerprint density at radius 3 is 2.50 bits per heavy atom. The van der Waals surface area contributed by atoms with E-state index in [1.807, 2.05) is 0 Å². The van der Waals surface area contributed by atoms with Crippen molar-refractivity contribution in [1.29, 1.82) is 0 Å². The lowest BCUT2D eigenvalue weighted by atomic mass is 10.3. The van der Waals surface area contributed by atoms with Gasteiger partial charge >= 0.3 is 0 Å². The van der Waals surface area contributed by atoms with Gasteiger partial charge in [0.15, 0.2) is 0 Å². The molecule has 0 atom stereocenters. The van der Waals surface area contributed by atoms with E-state index in [4.69, 9.17) is 10.5 Å². The average Bonchev–Trinajstić information content (AvgIpc) is 2.77. The number of sulfonamides is 1. The third-order valence-electron chi connectivity index (χ3n) is 2.26. The molecule has 0 saturated heterocycles. The number of nitrogens with zero attached hydrogens (tertiary/aromatic N) is 1. The molecule has 0 radical (unpaired) electrons. The Morgan fingerprint density at radius 1 is 1.33 bits per heavy atom. The summed E-state index contributed by atoms with van der Waals surface area (Å²) < 4.78 is 31.3. The molecular formula is C10H12N4O3S. The third-order valence-corrected chi connectivity index (χ3v) is 3.67. The van der Waals surface area contributed by atoms with Crippen LogP contribution in [0.1, 0.15) is 0 Å². The van der Waals surface area contributed by atoms with Crippen LogP contribution in [0.5, 0.6) is 5.75 Å². The predicted molar refractivity (Wildman–Crippen MR) is 66.8 cm³/mol. The van der Waals surface area contributed by atoms with Gasteiger partial charge < -0.3 is 10.5 Å². The lowest BCUT2D eigenvalue weighted by Gasteiger charge is -2.07. The fourth-order valence-electron chi connectivity index (χ4n) is 1.37. The van der Waals surface area contributed by atoms with Crippen molar-refractivity contribution in [2.75, 3.05) is 17.6 Å². The summed E-state index contributed by atoms with van der Waals surface area (Å²) in [6.45, 7) is 0. The number of nitrogens with one attached hydrogen (secondary N) is 2. The van der Waals surface area contributed by atoms with E-state index in [0.29, 0.717) is 11.4 Å².